The van der Waals surface area contributed by atoms with Crippen LogP contribution in [0.15, 0.2) is 89.9 Å². The third-order valence-corrected chi connectivity index (χ3v) is 4.27. The molecule has 124 valence electrons. The van der Waals surface area contributed by atoms with Crippen molar-refractivity contribution >= 4 is 5.84 Å². The number of ether oxygens (including phenoxy) is 1. The number of nitrogens with one attached hydrogen (secondary N) is 1. The van der Waals surface area contributed by atoms with Crippen molar-refractivity contribution in [2.45, 2.75) is 6.10 Å². The topological polar surface area (TPSA) is 33.6 Å². The van der Waals surface area contributed by atoms with Crippen LogP contribution >= 0.6 is 0 Å². The third kappa shape index (κ3) is 3.41. The molecule has 0 aromatic heterocycles. The first-order valence-corrected chi connectivity index (χ1v) is 8.56. The van der Waals surface area contributed by atoms with Crippen LogP contribution in [-0.4, -0.2) is 18.9 Å². The largest absolute Gasteiger partial charge is 0.477 e. The summed E-state index contributed by atoms with van der Waals surface area (Å²) in [4.78, 5) is 4.59. The minimum atomic E-state index is -0.228. The first kappa shape index (κ1) is 15.5. The van der Waals surface area contributed by atoms with Crippen molar-refractivity contribution in [1.82, 2.24) is 5.32 Å². The number of nitrogens with zero attached hydrogens (tertiary/aromatic N) is 1. The van der Waals surface area contributed by atoms with E-state index in [9.17, 15) is 0 Å². The fourth-order valence-corrected chi connectivity index (χ4v) is 3.05. The van der Waals surface area contributed by atoms with Crippen molar-refractivity contribution in [3.63, 3.8) is 0 Å². The Balaban J connectivity index is 1.72. The Bertz CT molecular complexity index is 859. The predicted molar refractivity (Wildman–Crippen MR) is 102 cm³/mol. The van der Waals surface area contributed by atoms with Gasteiger partial charge in [0, 0.05) is 12.1 Å². The molecule has 1 unspecified atom stereocenters. The number of hydrogen-bond acceptors (Lipinski definition) is 3. The van der Waals surface area contributed by atoms with Crippen molar-refractivity contribution in [2.75, 3.05) is 13.1 Å². The van der Waals surface area contributed by atoms with E-state index in [2.05, 4.69) is 40.6 Å². The van der Waals surface area contributed by atoms with Gasteiger partial charge in [0.2, 0.25) is 0 Å². The van der Waals surface area contributed by atoms with Crippen LogP contribution in [0.5, 0.6) is 5.75 Å². The van der Waals surface area contributed by atoms with Gasteiger partial charge in [-0.25, -0.2) is 0 Å². The molecule has 0 spiro atoms. The minimum Gasteiger partial charge on any atom is -0.477 e. The molecule has 0 saturated carbocycles. The Labute approximate surface area is 148 Å². The van der Waals surface area contributed by atoms with Crippen LogP contribution in [0.4, 0.5) is 0 Å². The normalized spacial score (nSPS) is 14.5. The number of aliphatic imine (C=N–C) groups is 1. The zero-order chi connectivity index (χ0) is 16.9. The van der Waals surface area contributed by atoms with E-state index in [1.165, 1.54) is 0 Å². The van der Waals surface area contributed by atoms with Crippen LogP contribution in [0.3, 0.4) is 0 Å². The predicted octanol–water partition coefficient (Wildman–Crippen LogP) is 4.48. The molecular weight excluding hydrogens is 308 g/mol. The van der Waals surface area contributed by atoms with Gasteiger partial charge < -0.3 is 10.1 Å². The second kappa shape index (κ2) is 7.22. The number of rotatable bonds is 5. The third-order valence-electron chi connectivity index (χ3n) is 4.27. The highest BCUT2D eigenvalue weighted by molar-refractivity contribution is 5.89. The molecule has 0 amide bonds. The molecule has 3 aromatic carbocycles. The fourth-order valence-electron chi connectivity index (χ4n) is 3.05. The summed E-state index contributed by atoms with van der Waals surface area (Å²) in [7, 11) is 0. The zero-order valence-corrected chi connectivity index (χ0v) is 13.9. The molecule has 0 aliphatic carbocycles. The number of amidine groups is 1. The van der Waals surface area contributed by atoms with E-state index in [-0.39, 0.29) is 6.10 Å². The SMILES string of the molecule is c1ccc(-c2ccccc2OC(C2=NCCN2)c2ccccc2)cc1. The average Bonchev–Trinajstić information content (AvgIpc) is 3.22. The summed E-state index contributed by atoms with van der Waals surface area (Å²) in [6.45, 7) is 1.66. The van der Waals surface area contributed by atoms with Crippen molar-refractivity contribution in [3.8, 4) is 16.9 Å². The maximum atomic E-state index is 6.48. The van der Waals surface area contributed by atoms with E-state index in [1.807, 2.05) is 54.6 Å². The Morgan fingerprint density at radius 2 is 1.48 bits per heavy atom. The molecule has 3 aromatic rings. The molecule has 3 nitrogen and oxygen atoms in total. The second-order valence-electron chi connectivity index (χ2n) is 5.96. The summed E-state index contributed by atoms with van der Waals surface area (Å²) in [5.41, 5.74) is 3.33. The standard InChI is InChI=1S/C22H20N2O/c1-3-9-17(10-4-1)19-13-7-8-14-20(19)25-21(22-23-15-16-24-22)18-11-5-2-6-12-18/h1-14,21H,15-16H2,(H,23,24). The molecular formula is C22H20N2O. The number of para-hydroxylation sites is 1. The van der Waals surface area contributed by atoms with Gasteiger partial charge >= 0.3 is 0 Å². The molecule has 1 atom stereocenters. The molecule has 0 bridgehead atoms. The van der Waals surface area contributed by atoms with Crippen LogP contribution in [0.1, 0.15) is 11.7 Å². The maximum absolute atomic E-state index is 6.48. The van der Waals surface area contributed by atoms with Crippen LogP contribution in [-0.2, 0) is 0 Å². The summed E-state index contributed by atoms with van der Waals surface area (Å²) < 4.78 is 6.48. The van der Waals surface area contributed by atoms with E-state index < -0.39 is 0 Å². The van der Waals surface area contributed by atoms with Gasteiger partial charge in [-0.15, -0.1) is 0 Å². The first-order chi connectivity index (χ1) is 12.4. The van der Waals surface area contributed by atoms with E-state index in [0.717, 1.165) is 41.4 Å². The van der Waals surface area contributed by atoms with Gasteiger partial charge in [0.05, 0.1) is 6.54 Å². The highest BCUT2D eigenvalue weighted by atomic mass is 16.5. The van der Waals surface area contributed by atoms with Gasteiger partial charge in [0.25, 0.3) is 0 Å². The smallest absolute Gasteiger partial charge is 0.180 e. The molecule has 25 heavy (non-hydrogen) atoms. The van der Waals surface area contributed by atoms with Crippen LogP contribution in [0.25, 0.3) is 11.1 Å². The van der Waals surface area contributed by atoms with Gasteiger partial charge in [-0.2, -0.15) is 0 Å². The average molecular weight is 328 g/mol. The summed E-state index contributed by atoms with van der Waals surface area (Å²) in [5.74, 6) is 1.76. The van der Waals surface area contributed by atoms with Crippen molar-refractivity contribution in [1.29, 1.82) is 0 Å². The van der Waals surface area contributed by atoms with E-state index in [0.29, 0.717) is 0 Å². The number of benzene rings is 3. The van der Waals surface area contributed by atoms with Crippen LogP contribution < -0.4 is 10.1 Å². The Kier molecular flexibility index (Phi) is 4.46. The molecule has 3 heteroatoms. The lowest BCUT2D eigenvalue weighted by Gasteiger charge is -2.22. The lowest BCUT2D eigenvalue weighted by atomic mass is 10.0. The Morgan fingerprint density at radius 3 is 2.20 bits per heavy atom. The molecule has 0 fully saturated rings. The van der Waals surface area contributed by atoms with Gasteiger partial charge in [0.1, 0.15) is 11.6 Å². The van der Waals surface area contributed by atoms with E-state index >= 15 is 0 Å². The lowest BCUT2D eigenvalue weighted by Crippen LogP contribution is -2.29. The maximum Gasteiger partial charge on any atom is 0.180 e. The second-order valence-corrected chi connectivity index (χ2v) is 5.96. The fraction of sp³-hybridized carbons (Fsp3) is 0.136. The van der Waals surface area contributed by atoms with Gasteiger partial charge in [0.15, 0.2) is 6.10 Å². The van der Waals surface area contributed by atoms with Crippen molar-refractivity contribution in [2.24, 2.45) is 4.99 Å². The summed E-state index contributed by atoms with van der Waals surface area (Å²) in [5, 5.41) is 3.36. The zero-order valence-electron chi connectivity index (χ0n) is 13.9. The Morgan fingerprint density at radius 1 is 0.800 bits per heavy atom. The van der Waals surface area contributed by atoms with E-state index in [1.54, 1.807) is 0 Å². The molecule has 1 heterocycles. The van der Waals surface area contributed by atoms with Crippen LogP contribution in [0, 0.1) is 0 Å². The Hall–Kier alpha value is -3.07. The van der Waals surface area contributed by atoms with Gasteiger partial charge in [-0.3, -0.25) is 4.99 Å². The monoisotopic (exact) mass is 328 g/mol. The molecule has 0 radical (unpaired) electrons. The van der Waals surface area contributed by atoms with Gasteiger partial charge in [-0.1, -0.05) is 78.9 Å². The number of hydrogen-bond donors (Lipinski definition) is 1. The van der Waals surface area contributed by atoms with Crippen molar-refractivity contribution in [3.05, 3.63) is 90.5 Å². The van der Waals surface area contributed by atoms with Gasteiger partial charge in [-0.05, 0) is 17.2 Å². The lowest BCUT2D eigenvalue weighted by molar-refractivity contribution is 0.271. The molecule has 1 N–H and O–H groups in total. The first-order valence-electron chi connectivity index (χ1n) is 8.56. The van der Waals surface area contributed by atoms with Crippen LogP contribution in [0.2, 0.25) is 0 Å². The summed E-state index contributed by atoms with van der Waals surface area (Å²) >= 11 is 0. The highest BCUT2D eigenvalue weighted by Crippen LogP contribution is 2.33. The minimum absolute atomic E-state index is 0.228. The van der Waals surface area contributed by atoms with E-state index in [4.69, 9.17) is 4.74 Å². The molecule has 0 saturated heterocycles. The molecule has 1 aliphatic rings. The highest BCUT2D eigenvalue weighted by Gasteiger charge is 2.23. The summed E-state index contributed by atoms with van der Waals surface area (Å²) in [6.07, 6.45) is -0.228. The quantitative estimate of drug-likeness (QED) is 0.749. The summed E-state index contributed by atoms with van der Waals surface area (Å²) in [6, 6.07) is 28.7. The molecule has 4 rings (SSSR count). The van der Waals surface area contributed by atoms with Crippen molar-refractivity contribution < 1.29 is 4.74 Å². The molecule has 1 aliphatic heterocycles.